The Kier molecular flexibility index (Phi) is 20.4. The van der Waals surface area contributed by atoms with Gasteiger partial charge in [-0.3, -0.25) is 0 Å². The minimum Gasteiger partial charge on any atom is -0.132 e. The van der Waals surface area contributed by atoms with E-state index >= 15 is 0 Å². The van der Waals surface area contributed by atoms with Crippen molar-refractivity contribution >= 4 is 0 Å². The molecule has 0 unspecified atom stereocenters. The molecular formula is C28H62N2O+2. The average molecular weight is 443 g/mol. The van der Waals surface area contributed by atoms with E-state index in [0.717, 1.165) is 13.1 Å². The van der Waals surface area contributed by atoms with Crippen molar-refractivity contribution in [2.45, 2.75) is 142 Å². The molecule has 0 spiro atoms. The van der Waals surface area contributed by atoms with Crippen LogP contribution in [0, 0.1) is 0 Å². The van der Waals surface area contributed by atoms with Crippen LogP contribution in [-0.4, -0.2) is 50.6 Å². The SMILES string of the molecule is CCCCCCCCCCCC[N+](C)(C)O[N+](C)(C)CCCCCCCCCCCC. The molecule has 0 atom stereocenters. The molecule has 3 heteroatoms. The summed E-state index contributed by atoms with van der Waals surface area (Å²) < 4.78 is 1.36. The highest BCUT2D eigenvalue weighted by atomic mass is 16.9. The molecule has 0 saturated heterocycles. The first-order chi connectivity index (χ1) is 14.8. The van der Waals surface area contributed by atoms with Gasteiger partial charge in [-0.25, -0.2) is 0 Å². The predicted octanol–water partition coefficient (Wildman–Crippen LogP) is 8.83. The molecule has 0 aromatic carbocycles. The van der Waals surface area contributed by atoms with E-state index in [1.54, 1.807) is 0 Å². The Morgan fingerprint density at radius 3 is 0.839 bits per heavy atom. The van der Waals surface area contributed by atoms with Crippen molar-refractivity contribution in [1.29, 1.82) is 0 Å². The lowest BCUT2D eigenvalue weighted by Crippen LogP contribution is -2.54. The summed E-state index contributed by atoms with van der Waals surface area (Å²) in [5, 5.41) is 0. The van der Waals surface area contributed by atoms with Crippen LogP contribution in [-0.2, 0) is 4.94 Å². The molecule has 0 aromatic heterocycles. The summed E-state index contributed by atoms with van der Waals surface area (Å²) in [6.45, 7) is 6.83. The summed E-state index contributed by atoms with van der Waals surface area (Å²) in [5.74, 6) is 0. The molecule has 0 aliphatic heterocycles. The number of nitrogens with zero attached hydrogens (tertiary/aromatic N) is 2. The number of rotatable bonds is 24. The van der Waals surface area contributed by atoms with E-state index in [9.17, 15) is 0 Å². The molecule has 0 N–H and O–H groups in total. The Balaban J connectivity index is 3.65. The highest BCUT2D eigenvalue weighted by molar-refractivity contribution is 4.48. The number of quaternary nitrogens is 2. The molecule has 0 fully saturated rings. The maximum atomic E-state index is 6.47. The van der Waals surface area contributed by atoms with Crippen molar-refractivity contribution < 1.29 is 14.2 Å². The van der Waals surface area contributed by atoms with Gasteiger partial charge in [0.25, 0.3) is 0 Å². The van der Waals surface area contributed by atoms with Gasteiger partial charge in [-0.15, -0.1) is 9.29 Å². The third-order valence-corrected chi connectivity index (χ3v) is 6.54. The molecule has 0 aromatic rings. The zero-order chi connectivity index (χ0) is 23.3. The third kappa shape index (κ3) is 22.9. The second-order valence-electron chi connectivity index (χ2n) is 11.0. The van der Waals surface area contributed by atoms with Crippen LogP contribution >= 0.6 is 0 Å². The van der Waals surface area contributed by atoms with Crippen molar-refractivity contribution in [1.82, 2.24) is 0 Å². The summed E-state index contributed by atoms with van der Waals surface area (Å²) >= 11 is 0. The van der Waals surface area contributed by atoms with Crippen LogP contribution in [0.2, 0.25) is 0 Å². The van der Waals surface area contributed by atoms with Gasteiger partial charge in [0.05, 0.1) is 0 Å². The molecule has 0 rings (SSSR count). The van der Waals surface area contributed by atoms with E-state index in [2.05, 4.69) is 42.0 Å². The van der Waals surface area contributed by atoms with Crippen LogP contribution in [0.4, 0.5) is 0 Å². The Labute approximate surface area is 198 Å². The van der Waals surface area contributed by atoms with Gasteiger partial charge < -0.3 is 0 Å². The zero-order valence-corrected chi connectivity index (χ0v) is 22.9. The Morgan fingerprint density at radius 2 is 0.581 bits per heavy atom. The van der Waals surface area contributed by atoms with Crippen LogP contribution < -0.4 is 0 Å². The summed E-state index contributed by atoms with van der Waals surface area (Å²) in [6, 6.07) is 0. The van der Waals surface area contributed by atoms with Gasteiger partial charge >= 0.3 is 0 Å². The average Bonchev–Trinajstić information content (AvgIpc) is 2.70. The second-order valence-corrected chi connectivity index (χ2v) is 11.0. The number of hydrogen-bond acceptors (Lipinski definition) is 1. The lowest BCUT2D eigenvalue weighted by atomic mass is 10.1. The molecule has 31 heavy (non-hydrogen) atoms. The van der Waals surface area contributed by atoms with Crippen molar-refractivity contribution in [3.63, 3.8) is 0 Å². The minimum absolute atomic E-state index is 0.682. The maximum absolute atomic E-state index is 6.47. The van der Waals surface area contributed by atoms with Crippen LogP contribution in [0.15, 0.2) is 0 Å². The van der Waals surface area contributed by atoms with E-state index in [1.165, 1.54) is 128 Å². The molecule has 0 bridgehead atoms. The van der Waals surface area contributed by atoms with Crippen molar-refractivity contribution in [3.05, 3.63) is 0 Å². The first-order valence-electron chi connectivity index (χ1n) is 14.2. The van der Waals surface area contributed by atoms with Gasteiger partial charge in [-0.05, 0) is 30.6 Å². The molecule has 0 saturated carbocycles. The molecule has 0 aliphatic rings. The van der Waals surface area contributed by atoms with Gasteiger partial charge in [0.2, 0.25) is 0 Å². The number of unbranched alkanes of at least 4 members (excludes halogenated alkanes) is 18. The number of hydroxylamine groups is 6. The Hall–Kier alpha value is -0.120. The molecule has 0 heterocycles. The zero-order valence-electron chi connectivity index (χ0n) is 22.9. The largest absolute Gasteiger partial charge is 0.132 e. The highest BCUT2D eigenvalue weighted by Gasteiger charge is 2.29. The monoisotopic (exact) mass is 442 g/mol. The molecule has 0 amide bonds. The lowest BCUT2D eigenvalue weighted by molar-refractivity contribution is -1.32. The van der Waals surface area contributed by atoms with Crippen LogP contribution in [0.5, 0.6) is 0 Å². The van der Waals surface area contributed by atoms with Gasteiger partial charge in [-0.1, -0.05) is 117 Å². The fourth-order valence-corrected chi connectivity index (χ4v) is 4.64. The first-order valence-corrected chi connectivity index (χ1v) is 14.2. The van der Waals surface area contributed by atoms with E-state index in [4.69, 9.17) is 4.94 Å². The minimum atomic E-state index is 0.682. The predicted molar refractivity (Wildman–Crippen MR) is 139 cm³/mol. The van der Waals surface area contributed by atoms with E-state index in [0.29, 0.717) is 9.29 Å². The van der Waals surface area contributed by atoms with E-state index in [-0.39, 0.29) is 0 Å². The molecule has 3 nitrogen and oxygen atoms in total. The molecule has 0 aliphatic carbocycles. The molecule has 0 radical (unpaired) electrons. The maximum Gasteiger partial charge on any atom is 0.114 e. The van der Waals surface area contributed by atoms with Gasteiger partial charge in [0, 0.05) is 0 Å². The normalized spacial score (nSPS) is 12.6. The smallest absolute Gasteiger partial charge is 0.114 e. The first kappa shape index (κ1) is 30.9. The van der Waals surface area contributed by atoms with Gasteiger partial charge in [-0.2, -0.15) is 0 Å². The topological polar surface area (TPSA) is 9.23 Å². The van der Waals surface area contributed by atoms with E-state index < -0.39 is 0 Å². The lowest BCUT2D eigenvalue weighted by Gasteiger charge is -2.34. The van der Waals surface area contributed by atoms with Crippen LogP contribution in [0.1, 0.15) is 142 Å². The van der Waals surface area contributed by atoms with Gasteiger partial charge in [0.1, 0.15) is 41.3 Å². The van der Waals surface area contributed by atoms with Gasteiger partial charge in [0.15, 0.2) is 0 Å². The van der Waals surface area contributed by atoms with Crippen LogP contribution in [0.25, 0.3) is 0 Å². The molecular weight excluding hydrogens is 380 g/mol. The van der Waals surface area contributed by atoms with Crippen molar-refractivity contribution in [3.8, 4) is 0 Å². The Bertz CT molecular complexity index is 334. The molecule has 188 valence electrons. The highest BCUT2D eigenvalue weighted by Crippen LogP contribution is 2.16. The van der Waals surface area contributed by atoms with Crippen molar-refractivity contribution in [2.75, 3.05) is 41.3 Å². The fourth-order valence-electron chi connectivity index (χ4n) is 4.64. The van der Waals surface area contributed by atoms with E-state index in [1.807, 2.05) is 0 Å². The summed E-state index contributed by atoms with van der Waals surface area (Å²) in [5.41, 5.74) is 0. The number of hydrogen-bond donors (Lipinski definition) is 0. The standard InChI is InChI=1S/C28H62N2O/c1-7-9-11-13-15-17-19-21-23-25-27-29(3,4)31-30(5,6)28-26-24-22-20-18-16-14-12-10-8-2/h7-28H2,1-6H3/q+2. The van der Waals surface area contributed by atoms with Crippen molar-refractivity contribution in [2.24, 2.45) is 0 Å². The quantitative estimate of drug-likeness (QED) is 0.0824. The Morgan fingerprint density at radius 1 is 0.355 bits per heavy atom. The second kappa shape index (κ2) is 20.5. The summed E-state index contributed by atoms with van der Waals surface area (Å²) in [4.78, 5) is 6.47. The summed E-state index contributed by atoms with van der Waals surface area (Å²) in [6.07, 6.45) is 27.9. The van der Waals surface area contributed by atoms with Crippen LogP contribution in [0.3, 0.4) is 0 Å². The summed E-state index contributed by atoms with van der Waals surface area (Å²) in [7, 11) is 8.91. The third-order valence-electron chi connectivity index (χ3n) is 6.54. The fraction of sp³-hybridized carbons (Fsp3) is 1.00.